The number of fused-ring (bicyclic) bond motifs is 1. The molecule has 0 N–H and O–H groups in total. The van der Waals surface area contributed by atoms with Gasteiger partial charge in [0.25, 0.3) is 0 Å². The maximum absolute atomic E-state index is 12.0. The quantitative estimate of drug-likeness (QED) is 0.594. The number of aromatic nitrogens is 1. The van der Waals surface area contributed by atoms with Crippen LogP contribution in [-0.4, -0.2) is 4.98 Å². The highest BCUT2D eigenvalue weighted by molar-refractivity contribution is 14.1. The van der Waals surface area contributed by atoms with Gasteiger partial charge in [-0.15, -0.1) is 0 Å². The fourth-order valence-corrected chi connectivity index (χ4v) is 2.58. The average molecular weight is 384 g/mol. The molecule has 0 unspecified atom stereocenters. The summed E-state index contributed by atoms with van der Waals surface area (Å²) in [5.74, 6) is 0.324. The molecule has 0 amide bonds. The van der Waals surface area contributed by atoms with Crippen LogP contribution in [0.5, 0.6) is 0 Å². The molecule has 3 aromatic rings. The van der Waals surface area contributed by atoms with Gasteiger partial charge in [-0.3, -0.25) is 0 Å². The van der Waals surface area contributed by atoms with Crippen LogP contribution in [0, 0.1) is 3.57 Å². The average Bonchev–Trinajstić information content (AvgIpc) is 2.40. The molecule has 0 aliphatic heterocycles. The summed E-state index contributed by atoms with van der Waals surface area (Å²) >= 11 is 8.04. The normalized spacial score (nSPS) is 10.8. The van der Waals surface area contributed by atoms with Crippen LogP contribution >= 0.6 is 34.2 Å². The molecule has 1 aromatic heterocycles. The van der Waals surface area contributed by atoms with Gasteiger partial charge in [0.2, 0.25) is 5.89 Å². The summed E-state index contributed by atoms with van der Waals surface area (Å²) in [5, 5.41) is 0.880. The van der Waals surface area contributed by atoms with Gasteiger partial charge in [-0.2, -0.15) is 0 Å². The lowest BCUT2D eigenvalue weighted by molar-refractivity contribution is 0.518. The lowest BCUT2D eigenvalue weighted by Crippen LogP contribution is -2.03. The molecule has 2 aromatic carbocycles. The zero-order valence-electron chi connectivity index (χ0n) is 9.56. The zero-order valence-corrected chi connectivity index (χ0v) is 12.5. The van der Waals surface area contributed by atoms with Crippen molar-refractivity contribution >= 4 is 45.1 Å². The maximum atomic E-state index is 12.0. The van der Waals surface area contributed by atoms with E-state index < -0.39 is 5.63 Å². The molecule has 3 rings (SSSR count). The summed E-state index contributed by atoms with van der Waals surface area (Å²) in [4.78, 5) is 16.3. The molecule has 0 aliphatic rings. The Labute approximate surface area is 127 Å². The molecule has 3 nitrogen and oxygen atoms in total. The number of benzene rings is 2. The van der Waals surface area contributed by atoms with Crippen molar-refractivity contribution in [3.63, 3.8) is 0 Å². The Bertz CT molecular complexity index is 829. The van der Waals surface area contributed by atoms with Crippen molar-refractivity contribution in [3.05, 3.63) is 61.5 Å². The van der Waals surface area contributed by atoms with E-state index in [0.29, 0.717) is 21.8 Å². The van der Waals surface area contributed by atoms with Crippen molar-refractivity contribution in [2.24, 2.45) is 0 Å². The van der Waals surface area contributed by atoms with Crippen LogP contribution in [0.4, 0.5) is 0 Å². The Kier molecular flexibility index (Phi) is 3.28. The Morgan fingerprint density at radius 1 is 1.16 bits per heavy atom. The van der Waals surface area contributed by atoms with Gasteiger partial charge in [-0.1, -0.05) is 23.7 Å². The van der Waals surface area contributed by atoms with Crippen molar-refractivity contribution in [2.45, 2.75) is 0 Å². The Morgan fingerprint density at radius 3 is 2.74 bits per heavy atom. The SMILES string of the molecule is O=c1oc(-c2ccccc2I)nc2ccc(Cl)cc12. The standard InChI is InChI=1S/C14H7ClINO2/c15-8-5-6-12-10(7-8)14(18)19-13(17-12)9-3-1-2-4-11(9)16/h1-7H. The van der Waals surface area contributed by atoms with Gasteiger partial charge >= 0.3 is 5.63 Å². The van der Waals surface area contributed by atoms with Crippen molar-refractivity contribution in [2.75, 3.05) is 0 Å². The summed E-state index contributed by atoms with van der Waals surface area (Å²) in [6.45, 7) is 0. The Morgan fingerprint density at radius 2 is 1.95 bits per heavy atom. The highest BCUT2D eigenvalue weighted by atomic mass is 127. The van der Waals surface area contributed by atoms with Gasteiger partial charge in [0.1, 0.15) is 0 Å². The van der Waals surface area contributed by atoms with E-state index in [1.54, 1.807) is 18.2 Å². The predicted octanol–water partition coefficient (Wildman–Crippen LogP) is 4.11. The minimum atomic E-state index is -0.429. The van der Waals surface area contributed by atoms with Crippen molar-refractivity contribution in [1.29, 1.82) is 0 Å². The largest absolute Gasteiger partial charge is 0.403 e. The third kappa shape index (κ3) is 2.37. The van der Waals surface area contributed by atoms with Gasteiger partial charge in [0.05, 0.1) is 16.5 Å². The molecule has 0 radical (unpaired) electrons. The first kappa shape index (κ1) is 12.6. The second-order valence-corrected chi connectivity index (χ2v) is 5.55. The van der Waals surface area contributed by atoms with E-state index in [0.717, 1.165) is 9.13 Å². The van der Waals surface area contributed by atoms with Crippen LogP contribution < -0.4 is 5.63 Å². The number of hydrogen-bond acceptors (Lipinski definition) is 3. The number of hydrogen-bond donors (Lipinski definition) is 0. The number of nitrogens with zero attached hydrogens (tertiary/aromatic N) is 1. The van der Waals surface area contributed by atoms with Gasteiger partial charge < -0.3 is 4.42 Å². The van der Waals surface area contributed by atoms with Crippen molar-refractivity contribution in [3.8, 4) is 11.5 Å². The van der Waals surface area contributed by atoms with Crippen LogP contribution in [0.25, 0.3) is 22.4 Å². The molecule has 0 saturated carbocycles. The second-order valence-electron chi connectivity index (χ2n) is 3.95. The highest BCUT2D eigenvalue weighted by Gasteiger charge is 2.11. The Balaban J connectivity index is 2.31. The van der Waals surface area contributed by atoms with E-state index in [1.807, 2.05) is 24.3 Å². The van der Waals surface area contributed by atoms with Crippen molar-refractivity contribution in [1.82, 2.24) is 4.98 Å². The molecule has 0 atom stereocenters. The first-order chi connectivity index (χ1) is 9.15. The van der Waals surface area contributed by atoms with Gasteiger partial charge in [0, 0.05) is 8.59 Å². The van der Waals surface area contributed by atoms with Crippen LogP contribution in [0.3, 0.4) is 0 Å². The highest BCUT2D eigenvalue weighted by Crippen LogP contribution is 2.24. The van der Waals surface area contributed by atoms with Crippen LogP contribution in [0.2, 0.25) is 5.02 Å². The molecule has 0 aliphatic carbocycles. The lowest BCUT2D eigenvalue weighted by atomic mass is 10.2. The fraction of sp³-hybridized carbons (Fsp3) is 0. The maximum Gasteiger partial charge on any atom is 0.347 e. The lowest BCUT2D eigenvalue weighted by Gasteiger charge is -2.03. The first-order valence-corrected chi connectivity index (χ1v) is 6.96. The molecule has 0 spiro atoms. The third-order valence-electron chi connectivity index (χ3n) is 2.69. The van der Waals surface area contributed by atoms with E-state index in [4.69, 9.17) is 16.0 Å². The van der Waals surface area contributed by atoms with Crippen LogP contribution in [0.15, 0.2) is 51.7 Å². The van der Waals surface area contributed by atoms with Crippen LogP contribution in [0.1, 0.15) is 0 Å². The first-order valence-electron chi connectivity index (χ1n) is 5.50. The van der Waals surface area contributed by atoms with E-state index in [1.165, 1.54) is 0 Å². The molecule has 0 fully saturated rings. The fourth-order valence-electron chi connectivity index (χ4n) is 1.79. The van der Waals surface area contributed by atoms with Gasteiger partial charge in [-0.05, 0) is 52.9 Å². The Hall–Kier alpha value is -1.40. The molecular weight excluding hydrogens is 377 g/mol. The minimum Gasteiger partial charge on any atom is -0.403 e. The van der Waals surface area contributed by atoms with Crippen molar-refractivity contribution < 1.29 is 4.42 Å². The molecule has 0 saturated heterocycles. The van der Waals surface area contributed by atoms with Gasteiger partial charge in [-0.25, -0.2) is 9.78 Å². The monoisotopic (exact) mass is 383 g/mol. The number of rotatable bonds is 1. The van der Waals surface area contributed by atoms with E-state index >= 15 is 0 Å². The van der Waals surface area contributed by atoms with Crippen LogP contribution in [-0.2, 0) is 0 Å². The van der Waals surface area contributed by atoms with E-state index in [2.05, 4.69) is 27.6 Å². The minimum absolute atomic E-state index is 0.324. The van der Waals surface area contributed by atoms with E-state index in [9.17, 15) is 4.79 Å². The summed E-state index contributed by atoms with van der Waals surface area (Å²) in [5.41, 5.74) is 0.953. The topological polar surface area (TPSA) is 43.1 Å². The van der Waals surface area contributed by atoms with E-state index in [-0.39, 0.29) is 0 Å². The summed E-state index contributed by atoms with van der Waals surface area (Å²) in [6, 6.07) is 12.6. The third-order valence-corrected chi connectivity index (χ3v) is 3.87. The van der Waals surface area contributed by atoms with Gasteiger partial charge in [0.15, 0.2) is 0 Å². The smallest absolute Gasteiger partial charge is 0.347 e. The summed E-state index contributed by atoms with van der Waals surface area (Å²) < 4.78 is 6.26. The molecule has 1 heterocycles. The molecule has 94 valence electrons. The summed E-state index contributed by atoms with van der Waals surface area (Å²) in [6.07, 6.45) is 0. The summed E-state index contributed by atoms with van der Waals surface area (Å²) in [7, 11) is 0. The molecular formula is C14H7ClINO2. The molecule has 5 heteroatoms. The number of halogens is 2. The predicted molar refractivity (Wildman–Crippen MR) is 83.4 cm³/mol. The molecule has 19 heavy (non-hydrogen) atoms. The molecule has 0 bridgehead atoms. The second kappa shape index (κ2) is 4.94. The zero-order chi connectivity index (χ0) is 13.4.